The molecule has 0 aliphatic rings. The maximum Gasteiger partial charge on any atom is 0.271 e. The molecular formula is C10H9N3O. The predicted molar refractivity (Wildman–Crippen MR) is 54.6 cm³/mol. The van der Waals surface area contributed by atoms with Crippen LogP contribution < -0.4 is 10.9 Å². The van der Waals surface area contributed by atoms with Crippen LogP contribution in [0, 0.1) is 0 Å². The van der Waals surface area contributed by atoms with Crippen molar-refractivity contribution < 1.29 is 0 Å². The molecule has 4 heteroatoms. The van der Waals surface area contributed by atoms with Crippen LogP contribution in [0.15, 0.2) is 47.7 Å². The van der Waals surface area contributed by atoms with Crippen LogP contribution in [-0.4, -0.2) is 9.97 Å². The third-order valence-electron chi connectivity index (χ3n) is 1.76. The lowest BCUT2D eigenvalue weighted by molar-refractivity contribution is 1.23. The first-order valence-electron chi connectivity index (χ1n) is 4.21. The summed E-state index contributed by atoms with van der Waals surface area (Å²) in [7, 11) is 0. The fraction of sp³-hybridized carbons (Fsp3) is 0. The Morgan fingerprint density at radius 2 is 2.21 bits per heavy atom. The minimum absolute atomic E-state index is 0.142. The van der Waals surface area contributed by atoms with E-state index in [1.54, 1.807) is 36.8 Å². The Morgan fingerprint density at radius 3 is 2.93 bits per heavy atom. The van der Waals surface area contributed by atoms with Crippen LogP contribution >= 0.6 is 0 Å². The molecule has 0 aliphatic carbocycles. The van der Waals surface area contributed by atoms with Gasteiger partial charge in [-0.15, -0.1) is 0 Å². The second-order valence-electron chi connectivity index (χ2n) is 2.78. The Morgan fingerprint density at radius 1 is 1.29 bits per heavy atom. The number of aromatic nitrogens is 2. The van der Waals surface area contributed by atoms with E-state index in [-0.39, 0.29) is 5.56 Å². The van der Waals surface area contributed by atoms with Crippen LogP contribution in [0.25, 0.3) is 0 Å². The number of hydrogen-bond donors (Lipinski definition) is 2. The number of nitrogens with one attached hydrogen (secondary N) is 2. The monoisotopic (exact) mass is 187 g/mol. The topological polar surface area (TPSA) is 57.8 Å². The summed E-state index contributed by atoms with van der Waals surface area (Å²) in [5.74, 6) is 0. The van der Waals surface area contributed by atoms with Crippen LogP contribution in [0.4, 0.5) is 11.4 Å². The van der Waals surface area contributed by atoms with E-state index in [0.717, 1.165) is 5.69 Å². The molecule has 0 atom stereocenters. The van der Waals surface area contributed by atoms with Gasteiger partial charge in [0, 0.05) is 12.4 Å². The molecule has 0 saturated heterocycles. The van der Waals surface area contributed by atoms with Gasteiger partial charge >= 0.3 is 0 Å². The molecule has 4 nitrogen and oxygen atoms in total. The Hall–Kier alpha value is -2.10. The molecule has 2 heterocycles. The lowest BCUT2D eigenvalue weighted by Crippen LogP contribution is -2.09. The lowest BCUT2D eigenvalue weighted by atomic mass is 10.3. The van der Waals surface area contributed by atoms with Gasteiger partial charge in [0.25, 0.3) is 5.56 Å². The second-order valence-corrected chi connectivity index (χ2v) is 2.78. The van der Waals surface area contributed by atoms with E-state index in [0.29, 0.717) is 5.69 Å². The maximum absolute atomic E-state index is 11.3. The first kappa shape index (κ1) is 8.50. The van der Waals surface area contributed by atoms with Gasteiger partial charge in [-0.2, -0.15) is 0 Å². The predicted octanol–water partition coefficient (Wildman–Crippen LogP) is 1.51. The SMILES string of the molecule is O=c1[nH]cccc1Nc1cccnc1. The first-order chi connectivity index (χ1) is 6.86. The van der Waals surface area contributed by atoms with Crippen molar-refractivity contribution in [2.45, 2.75) is 0 Å². The Balaban J connectivity index is 2.28. The third kappa shape index (κ3) is 1.80. The number of anilines is 2. The van der Waals surface area contributed by atoms with Gasteiger partial charge < -0.3 is 10.3 Å². The zero-order chi connectivity index (χ0) is 9.80. The summed E-state index contributed by atoms with van der Waals surface area (Å²) < 4.78 is 0. The summed E-state index contributed by atoms with van der Waals surface area (Å²) in [5, 5.41) is 2.97. The fourth-order valence-electron chi connectivity index (χ4n) is 1.11. The number of nitrogens with zero attached hydrogens (tertiary/aromatic N) is 1. The number of aromatic amines is 1. The summed E-state index contributed by atoms with van der Waals surface area (Å²) in [6.45, 7) is 0. The summed E-state index contributed by atoms with van der Waals surface area (Å²) in [5.41, 5.74) is 1.17. The molecule has 0 fully saturated rings. The number of rotatable bonds is 2. The van der Waals surface area contributed by atoms with Crippen LogP contribution in [-0.2, 0) is 0 Å². The zero-order valence-corrected chi connectivity index (χ0v) is 7.40. The van der Waals surface area contributed by atoms with E-state index in [4.69, 9.17) is 0 Å². The minimum Gasteiger partial charge on any atom is -0.350 e. The smallest absolute Gasteiger partial charge is 0.271 e. The average molecular weight is 187 g/mol. The van der Waals surface area contributed by atoms with Crippen LogP contribution in [0.2, 0.25) is 0 Å². The molecular weight excluding hydrogens is 178 g/mol. The molecule has 14 heavy (non-hydrogen) atoms. The molecule has 0 bridgehead atoms. The molecule has 0 aliphatic heterocycles. The van der Waals surface area contributed by atoms with E-state index in [2.05, 4.69) is 15.3 Å². The standard InChI is InChI=1S/C10H9N3O/c14-10-9(4-2-6-12-10)13-8-3-1-5-11-7-8/h1-7,13H,(H,12,14). The van der Waals surface area contributed by atoms with Crippen molar-refractivity contribution in [2.24, 2.45) is 0 Å². The first-order valence-corrected chi connectivity index (χ1v) is 4.21. The molecule has 0 amide bonds. The van der Waals surface area contributed by atoms with Gasteiger partial charge in [0.1, 0.15) is 5.69 Å². The number of H-pyrrole nitrogens is 1. The van der Waals surface area contributed by atoms with Gasteiger partial charge in [-0.3, -0.25) is 9.78 Å². The Bertz CT molecular complexity index is 464. The molecule has 0 saturated carbocycles. The minimum atomic E-state index is -0.142. The van der Waals surface area contributed by atoms with Crippen molar-refractivity contribution in [3.8, 4) is 0 Å². The Labute approximate surface area is 80.6 Å². The summed E-state index contributed by atoms with van der Waals surface area (Å²) in [6.07, 6.45) is 4.93. The quantitative estimate of drug-likeness (QED) is 0.749. The molecule has 2 rings (SSSR count). The highest BCUT2D eigenvalue weighted by Gasteiger charge is 1.97. The third-order valence-corrected chi connectivity index (χ3v) is 1.76. The van der Waals surface area contributed by atoms with E-state index in [9.17, 15) is 4.79 Å². The van der Waals surface area contributed by atoms with Crippen molar-refractivity contribution in [3.05, 3.63) is 53.2 Å². The zero-order valence-electron chi connectivity index (χ0n) is 7.40. The van der Waals surface area contributed by atoms with E-state index < -0.39 is 0 Å². The maximum atomic E-state index is 11.3. The summed E-state index contributed by atoms with van der Waals surface area (Å²) in [4.78, 5) is 17.8. The van der Waals surface area contributed by atoms with Crippen molar-refractivity contribution in [3.63, 3.8) is 0 Å². The van der Waals surface area contributed by atoms with Crippen LogP contribution in [0.1, 0.15) is 0 Å². The van der Waals surface area contributed by atoms with Crippen molar-refractivity contribution in [1.82, 2.24) is 9.97 Å². The van der Waals surface area contributed by atoms with Crippen molar-refractivity contribution in [1.29, 1.82) is 0 Å². The van der Waals surface area contributed by atoms with Gasteiger partial charge in [-0.25, -0.2) is 0 Å². The molecule has 70 valence electrons. The van der Waals surface area contributed by atoms with Crippen molar-refractivity contribution in [2.75, 3.05) is 5.32 Å². The van der Waals surface area contributed by atoms with E-state index in [1.807, 2.05) is 6.07 Å². The van der Waals surface area contributed by atoms with Crippen molar-refractivity contribution >= 4 is 11.4 Å². The number of hydrogen-bond acceptors (Lipinski definition) is 3. The van der Waals surface area contributed by atoms with Gasteiger partial charge in [-0.1, -0.05) is 0 Å². The van der Waals surface area contributed by atoms with Gasteiger partial charge in [-0.05, 0) is 24.3 Å². The molecule has 0 aromatic carbocycles. The molecule has 0 spiro atoms. The molecule has 0 unspecified atom stereocenters. The number of pyridine rings is 2. The largest absolute Gasteiger partial charge is 0.350 e. The van der Waals surface area contributed by atoms with Gasteiger partial charge in [0.2, 0.25) is 0 Å². The Kier molecular flexibility index (Phi) is 2.27. The summed E-state index contributed by atoms with van der Waals surface area (Å²) >= 11 is 0. The highest BCUT2D eigenvalue weighted by atomic mass is 16.1. The van der Waals surface area contributed by atoms with Gasteiger partial charge in [0.15, 0.2) is 0 Å². The van der Waals surface area contributed by atoms with Gasteiger partial charge in [0.05, 0.1) is 11.9 Å². The molecule has 0 radical (unpaired) electrons. The van der Waals surface area contributed by atoms with Crippen LogP contribution in [0.5, 0.6) is 0 Å². The second kappa shape index (κ2) is 3.74. The fourth-order valence-corrected chi connectivity index (χ4v) is 1.11. The average Bonchev–Trinajstić information content (AvgIpc) is 2.23. The lowest BCUT2D eigenvalue weighted by Gasteiger charge is -2.02. The highest BCUT2D eigenvalue weighted by Crippen LogP contribution is 2.09. The molecule has 2 N–H and O–H groups in total. The molecule has 2 aromatic heterocycles. The van der Waals surface area contributed by atoms with Crippen LogP contribution in [0.3, 0.4) is 0 Å². The highest BCUT2D eigenvalue weighted by molar-refractivity contribution is 5.56. The summed E-state index contributed by atoms with van der Waals surface area (Å²) in [6, 6.07) is 7.13. The van der Waals surface area contributed by atoms with E-state index >= 15 is 0 Å². The normalized spacial score (nSPS) is 9.71. The molecule has 2 aromatic rings. The van der Waals surface area contributed by atoms with E-state index in [1.165, 1.54) is 0 Å².